The monoisotopic (exact) mass is 251 g/mol. The molecule has 0 radical (unpaired) electrons. The molecule has 0 saturated heterocycles. The Morgan fingerprint density at radius 3 is 2.79 bits per heavy atom. The summed E-state index contributed by atoms with van der Waals surface area (Å²) in [5, 5.41) is 0. The van der Waals surface area contributed by atoms with Gasteiger partial charge in [-0.05, 0) is 28.8 Å². The van der Waals surface area contributed by atoms with Crippen LogP contribution in [0.1, 0.15) is 18.4 Å². The number of halogens is 1. The molecule has 3 heteroatoms. The van der Waals surface area contributed by atoms with Crippen molar-refractivity contribution in [1.29, 1.82) is 0 Å². The van der Waals surface area contributed by atoms with Gasteiger partial charge in [0.25, 0.3) is 0 Å². The van der Waals surface area contributed by atoms with Crippen LogP contribution in [0.2, 0.25) is 0 Å². The van der Waals surface area contributed by atoms with Crippen molar-refractivity contribution in [3.8, 4) is 18.1 Å². The Labute approximate surface area is 91.8 Å². The predicted molar refractivity (Wildman–Crippen MR) is 58.2 cm³/mol. The number of ether oxygens (including phenoxy) is 1. The molecule has 0 spiro atoms. The minimum absolute atomic E-state index is 0.118. The van der Waals surface area contributed by atoms with Crippen molar-refractivity contribution in [1.82, 2.24) is 4.98 Å². The third-order valence-electron chi connectivity index (χ3n) is 2.59. The molecule has 1 aromatic heterocycles. The molecule has 0 amide bonds. The van der Waals surface area contributed by atoms with Gasteiger partial charge in [-0.3, -0.25) is 4.98 Å². The van der Waals surface area contributed by atoms with E-state index in [1.807, 2.05) is 0 Å². The number of nitrogens with zero attached hydrogens (tertiary/aromatic N) is 1. The quantitative estimate of drug-likeness (QED) is 0.754. The average Bonchev–Trinajstić information content (AvgIpc) is 2.98. The van der Waals surface area contributed by atoms with Gasteiger partial charge in [-0.2, -0.15) is 0 Å². The van der Waals surface area contributed by atoms with E-state index in [9.17, 15) is 0 Å². The van der Waals surface area contributed by atoms with Crippen molar-refractivity contribution in [2.45, 2.75) is 18.3 Å². The summed E-state index contributed by atoms with van der Waals surface area (Å²) >= 11 is 3.47. The first-order valence-corrected chi connectivity index (χ1v) is 5.18. The fourth-order valence-electron chi connectivity index (χ4n) is 1.63. The van der Waals surface area contributed by atoms with Gasteiger partial charge in [-0.15, -0.1) is 6.42 Å². The molecule has 1 aliphatic carbocycles. The number of rotatable bonds is 2. The van der Waals surface area contributed by atoms with Crippen LogP contribution in [0.15, 0.2) is 16.9 Å². The van der Waals surface area contributed by atoms with E-state index in [0.717, 1.165) is 28.6 Å². The highest BCUT2D eigenvalue weighted by Crippen LogP contribution is 2.52. The maximum absolute atomic E-state index is 5.55. The number of pyridine rings is 1. The molecule has 0 aliphatic heterocycles. The largest absolute Gasteiger partial charge is 0.495 e. The fourth-order valence-corrected chi connectivity index (χ4v) is 2.32. The Bertz CT molecular complexity index is 404. The van der Waals surface area contributed by atoms with Gasteiger partial charge >= 0.3 is 0 Å². The highest BCUT2D eigenvalue weighted by Gasteiger charge is 2.46. The van der Waals surface area contributed by atoms with Crippen LogP contribution >= 0.6 is 15.9 Å². The number of aromatic nitrogens is 1. The maximum Gasteiger partial charge on any atom is 0.143 e. The van der Waals surface area contributed by atoms with Gasteiger partial charge in [0, 0.05) is 16.2 Å². The Hall–Kier alpha value is -1.01. The maximum atomic E-state index is 5.55. The van der Waals surface area contributed by atoms with Crippen LogP contribution < -0.4 is 4.74 Å². The second-order valence-corrected chi connectivity index (χ2v) is 4.28. The molecule has 0 atom stereocenters. The standard InChI is InChI=1S/C11H10BrNO/c1-3-11(4-5-11)10-8(12)6-13-7-9(10)14-2/h1,6-7H,4-5H2,2H3. The number of terminal acetylenes is 1. The van der Waals surface area contributed by atoms with E-state index < -0.39 is 0 Å². The molecule has 14 heavy (non-hydrogen) atoms. The summed E-state index contributed by atoms with van der Waals surface area (Å²) in [4.78, 5) is 4.05. The van der Waals surface area contributed by atoms with Crippen LogP contribution in [-0.2, 0) is 5.41 Å². The number of hydrogen-bond acceptors (Lipinski definition) is 2. The first-order valence-electron chi connectivity index (χ1n) is 4.39. The zero-order valence-electron chi connectivity index (χ0n) is 7.88. The summed E-state index contributed by atoms with van der Waals surface area (Å²) in [5.41, 5.74) is 0.949. The van der Waals surface area contributed by atoms with E-state index in [0.29, 0.717) is 0 Å². The van der Waals surface area contributed by atoms with Crippen molar-refractivity contribution < 1.29 is 4.74 Å². The summed E-state index contributed by atoms with van der Waals surface area (Å²) in [6.45, 7) is 0. The van der Waals surface area contributed by atoms with E-state index in [-0.39, 0.29) is 5.41 Å². The van der Waals surface area contributed by atoms with E-state index in [1.165, 1.54) is 0 Å². The summed E-state index contributed by atoms with van der Waals surface area (Å²) in [7, 11) is 1.64. The van der Waals surface area contributed by atoms with Gasteiger partial charge in [0.2, 0.25) is 0 Å². The second-order valence-electron chi connectivity index (χ2n) is 3.43. The number of methoxy groups -OCH3 is 1. The average molecular weight is 252 g/mol. The van der Waals surface area contributed by atoms with Gasteiger partial charge in [-0.25, -0.2) is 0 Å². The third-order valence-corrected chi connectivity index (χ3v) is 3.19. The van der Waals surface area contributed by atoms with Crippen molar-refractivity contribution in [2.75, 3.05) is 7.11 Å². The van der Waals surface area contributed by atoms with Crippen LogP contribution in [0.3, 0.4) is 0 Å². The van der Waals surface area contributed by atoms with Crippen molar-refractivity contribution in [3.63, 3.8) is 0 Å². The lowest BCUT2D eigenvalue weighted by atomic mass is 9.97. The highest BCUT2D eigenvalue weighted by atomic mass is 79.9. The molecule has 0 unspecified atom stereocenters. The van der Waals surface area contributed by atoms with E-state index in [2.05, 4.69) is 26.8 Å². The first-order chi connectivity index (χ1) is 6.73. The first kappa shape index (κ1) is 9.54. The molecule has 1 heterocycles. The van der Waals surface area contributed by atoms with Gasteiger partial charge in [0.15, 0.2) is 0 Å². The topological polar surface area (TPSA) is 22.1 Å². The molecule has 2 rings (SSSR count). The Balaban J connectivity index is 2.57. The molecule has 1 fully saturated rings. The summed E-state index contributed by atoms with van der Waals surface area (Å²) in [6.07, 6.45) is 11.1. The molecule has 1 aromatic rings. The zero-order valence-corrected chi connectivity index (χ0v) is 9.47. The van der Waals surface area contributed by atoms with Crippen LogP contribution in [0.5, 0.6) is 5.75 Å². The van der Waals surface area contributed by atoms with Gasteiger partial charge in [0.05, 0.1) is 18.7 Å². The lowest BCUT2D eigenvalue weighted by Gasteiger charge is -2.14. The van der Waals surface area contributed by atoms with E-state index >= 15 is 0 Å². The van der Waals surface area contributed by atoms with Crippen LogP contribution in [0, 0.1) is 12.3 Å². The van der Waals surface area contributed by atoms with Crippen LogP contribution in [-0.4, -0.2) is 12.1 Å². The highest BCUT2D eigenvalue weighted by molar-refractivity contribution is 9.10. The molecular formula is C11H10BrNO. The van der Waals surface area contributed by atoms with Crippen molar-refractivity contribution in [3.05, 3.63) is 22.4 Å². The lowest BCUT2D eigenvalue weighted by molar-refractivity contribution is 0.405. The molecule has 1 aliphatic rings. The molecule has 72 valence electrons. The minimum Gasteiger partial charge on any atom is -0.495 e. The van der Waals surface area contributed by atoms with Gasteiger partial charge in [-0.1, -0.05) is 5.92 Å². The lowest BCUT2D eigenvalue weighted by Crippen LogP contribution is -2.07. The van der Waals surface area contributed by atoms with Crippen molar-refractivity contribution >= 4 is 15.9 Å². The van der Waals surface area contributed by atoms with Crippen molar-refractivity contribution in [2.24, 2.45) is 0 Å². The third kappa shape index (κ3) is 1.31. The van der Waals surface area contributed by atoms with E-state index in [1.54, 1.807) is 19.5 Å². The normalized spacial score (nSPS) is 17.2. The zero-order chi connectivity index (χ0) is 10.2. The SMILES string of the molecule is C#CC1(c2c(Br)cncc2OC)CC1. The smallest absolute Gasteiger partial charge is 0.143 e. The van der Waals surface area contributed by atoms with Crippen LogP contribution in [0.4, 0.5) is 0 Å². The Morgan fingerprint density at radius 2 is 2.29 bits per heavy atom. The Morgan fingerprint density at radius 1 is 1.57 bits per heavy atom. The molecule has 0 bridgehead atoms. The second kappa shape index (κ2) is 3.29. The predicted octanol–water partition coefficient (Wildman–Crippen LogP) is 2.52. The van der Waals surface area contributed by atoms with Crippen LogP contribution in [0.25, 0.3) is 0 Å². The summed E-state index contributed by atoms with van der Waals surface area (Å²) in [6, 6.07) is 0. The summed E-state index contributed by atoms with van der Waals surface area (Å²) in [5.74, 6) is 3.62. The van der Waals surface area contributed by atoms with E-state index in [4.69, 9.17) is 11.2 Å². The molecule has 2 nitrogen and oxygen atoms in total. The Kier molecular flexibility index (Phi) is 2.24. The fraction of sp³-hybridized carbons (Fsp3) is 0.364. The molecular weight excluding hydrogens is 242 g/mol. The van der Waals surface area contributed by atoms with Gasteiger partial charge < -0.3 is 4.74 Å². The number of hydrogen-bond donors (Lipinski definition) is 0. The van der Waals surface area contributed by atoms with Gasteiger partial charge in [0.1, 0.15) is 5.75 Å². The molecule has 0 aromatic carbocycles. The molecule has 1 saturated carbocycles. The minimum atomic E-state index is -0.118. The molecule has 0 N–H and O–H groups in total. The summed E-state index contributed by atoms with van der Waals surface area (Å²) < 4.78 is 6.20.